The minimum atomic E-state index is -0.128. The summed E-state index contributed by atoms with van der Waals surface area (Å²) >= 11 is 3.32. The third kappa shape index (κ3) is 3.64. The van der Waals surface area contributed by atoms with E-state index < -0.39 is 0 Å². The molecule has 1 aromatic rings. The Hall–Kier alpha value is -1.20. The Labute approximate surface area is 120 Å². The monoisotopic (exact) mass is 325 g/mol. The molecule has 1 aliphatic heterocycles. The number of carbonyl (C=O) groups is 2. The largest absolute Gasteiger partial charge is 0.381 e. The number of carbonyl (C=O) groups excluding carboxylic acids is 2. The van der Waals surface area contributed by atoms with E-state index in [4.69, 9.17) is 4.74 Å². The highest BCUT2D eigenvalue weighted by Gasteiger charge is 2.22. The predicted octanol–water partition coefficient (Wildman–Crippen LogP) is 3.02. The fraction of sp³-hybridized carbons (Fsp3) is 0.429. The first kappa shape index (κ1) is 14.2. The molecule has 102 valence electrons. The van der Waals surface area contributed by atoms with Crippen molar-refractivity contribution in [3.63, 3.8) is 0 Å². The predicted molar refractivity (Wildman–Crippen MR) is 76.3 cm³/mol. The van der Waals surface area contributed by atoms with Crippen molar-refractivity contribution in [2.45, 2.75) is 19.8 Å². The molecule has 2 rings (SSSR count). The van der Waals surface area contributed by atoms with Crippen LogP contribution in [0.15, 0.2) is 22.7 Å². The van der Waals surface area contributed by atoms with Gasteiger partial charge in [0.2, 0.25) is 5.91 Å². The zero-order valence-corrected chi connectivity index (χ0v) is 12.3. The number of benzene rings is 1. The summed E-state index contributed by atoms with van der Waals surface area (Å²) < 4.78 is 6.12. The second kappa shape index (κ2) is 6.30. The zero-order valence-electron chi connectivity index (χ0n) is 10.7. The Morgan fingerprint density at radius 2 is 2.21 bits per heavy atom. The molecule has 1 aliphatic rings. The quantitative estimate of drug-likeness (QED) is 0.869. The molecule has 1 unspecified atom stereocenters. The molecule has 4 nitrogen and oxygen atoms in total. The highest BCUT2D eigenvalue weighted by molar-refractivity contribution is 9.10. The molecular weight excluding hydrogens is 310 g/mol. The van der Waals surface area contributed by atoms with Crippen molar-refractivity contribution in [1.29, 1.82) is 0 Å². The molecule has 0 aliphatic carbocycles. The van der Waals surface area contributed by atoms with Gasteiger partial charge in [-0.2, -0.15) is 0 Å². The van der Waals surface area contributed by atoms with Crippen LogP contribution in [0.5, 0.6) is 0 Å². The Bertz CT molecular complexity index is 495. The van der Waals surface area contributed by atoms with Gasteiger partial charge in [-0.05, 0) is 38.0 Å². The van der Waals surface area contributed by atoms with Crippen molar-refractivity contribution in [3.05, 3.63) is 28.2 Å². The number of nitrogens with one attached hydrogen (secondary N) is 1. The van der Waals surface area contributed by atoms with Crippen molar-refractivity contribution in [2.24, 2.45) is 5.92 Å². The molecule has 0 saturated carbocycles. The molecular formula is C14H16BrNO3. The van der Waals surface area contributed by atoms with E-state index in [1.54, 1.807) is 18.2 Å². The van der Waals surface area contributed by atoms with E-state index >= 15 is 0 Å². The molecule has 1 amide bonds. The average Bonchev–Trinajstić information content (AvgIpc) is 2.41. The number of hydrogen-bond donors (Lipinski definition) is 1. The van der Waals surface area contributed by atoms with Crippen molar-refractivity contribution in [3.8, 4) is 0 Å². The molecule has 0 bridgehead atoms. The van der Waals surface area contributed by atoms with E-state index in [1.165, 1.54) is 6.92 Å². The summed E-state index contributed by atoms with van der Waals surface area (Å²) in [5.74, 6) is -0.279. The third-order valence-corrected chi connectivity index (χ3v) is 3.64. The van der Waals surface area contributed by atoms with E-state index in [9.17, 15) is 9.59 Å². The summed E-state index contributed by atoms with van der Waals surface area (Å²) in [4.78, 5) is 23.7. The van der Waals surface area contributed by atoms with Gasteiger partial charge in [-0.1, -0.05) is 15.9 Å². The smallest absolute Gasteiger partial charge is 0.229 e. The molecule has 1 heterocycles. The van der Waals surface area contributed by atoms with Crippen LogP contribution in [0, 0.1) is 5.92 Å². The first-order valence-electron chi connectivity index (χ1n) is 6.27. The summed E-state index contributed by atoms with van der Waals surface area (Å²) in [5, 5.41) is 2.83. The summed E-state index contributed by atoms with van der Waals surface area (Å²) in [7, 11) is 0. The van der Waals surface area contributed by atoms with Gasteiger partial charge in [0.25, 0.3) is 0 Å². The molecule has 1 saturated heterocycles. The maximum atomic E-state index is 12.1. The number of amides is 1. The number of halogens is 1. The molecule has 1 N–H and O–H groups in total. The molecule has 0 radical (unpaired) electrons. The number of anilines is 1. The molecule has 1 atom stereocenters. The number of ketones is 1. The van der Waals surface area contributed by atoms with Crippen molar-refractivity contribution in [1.82, 2.24) is 0 Å². The van der Waals surface area contributed by atoms with Crippen molar-refractivity contribution < 1.29 is 14.3 Å². The lowest BCUT2D eigenvalue weighted by atomic mass is 10.0. The van der Waals surface area contributed by atoms with Crippen molar-refractivity contribution in [2.75, 3.05) is 18.5 Å². The molecule has 1 aromatic carbocycles. The minimum absolute atomic E-state index is 0.0727. The lowest BCUT2D eigenvalue weighted by Gasteiger charge is -2.21. The van der Waals surface area contributed by atoms with Gasteiger partial charge in [0, 0.05) is 16.6 Å². The van der Waals surface area contributed by atoms with E-state index in [1.807, 2.05) is 0 Å². The number of ether oxygens (including phenoxy) is 1. The molecule has 0 spiro atoms. The number of Topliss-reactive ketones (excluding diaryl/α,β-unsaturated/α-hetero) is 1. The van der Waals surface area contributed by atoms with Crippen LogP contribution in [0.1, 0.15) is 30.1 Å². The van der Waals surface area contributed by atoms with Gasteiger partial charge >= 0.3 is 0 Å². The van der Waals surface area contributed by atoms with Crippen LogP contribution in [0.25, 0.3) is 0 Å². The summed E-state index contributed by atoms with van der Waals surface area (Å²) in [6, 6.07) is 5.26. The number of rotatable bonds is 3. The summed E-state index contributed by atoms with van der Waals surface area (Å²) in [5.41, 5.74) is 1.07. The lowest BCUT2D eigenvalue weighted by molar-refractivity contribution is -0.123. The maximum absolute atomic E-state index is 12.1. The van der Waals surface area contributed by atoms with Gasteiger partial charge in [-0.3, -0.25) is 9.59 Å². The Balaban J connectivity index is 2.13. The maximum Gasteiger partial charge on any atom is 0.229 e. The summed E-state index contributed by atoms with van der Waals surface area (Å²) in [6.07, 6.45) is 1.73. The topological polar surface area (TPSA) is 55.4 Å². The van der Waals surface area contributed by atoms with Crippen LogP contribution in [-0.4, -0.2) is 24.9 Å². The Kier molecular flexibility index (Phi) is 4.71. The highest BCUT2D eigenvalue weighted by atomic mass is 79.9. The second-order valence-corrected chi connectivity index (χ2v) is 5.57. The third-order valence-electron chi connectivity index (χ3n) is 3.15. The van der Waals surface area contributed by atoms with E-state index in [2.05, 4.69) is 21.2 Å². The molecule has 5 heteroatoms. The first-order valence-corrected chi connectivity index (χ1v) is 7.06. The Morgan fingerprint density at radius 3 is 2.84 bits per heavy atom. The van der Waals surface area contributed by atoms with Crippen LogP contribution in [0.3, 0.4) is 0 Å². The van der Waals surface area contributed by atoms with E-state index in [0.717, 1.165) is 23.9 Å². The fourth-order valence-corrected chi connectivity index (χ4v) is 2.46. The lowest BCUT2D eigenvalue weighted by Crippen LogP contribution is -2.30. The van der Waals surface area contributed by atoms with E-state index in [0.29, 0.717) is 17.9 Å². The normalized spacial score (nSPS) is 18.9. The standard InChI is InChI=1S/C14H16BrNO3/c1-9(17)12-7-11(15)4-5-13(12)16-14(18)10-3-2-6-19-8-10/h4-5,7,10H,2-3,6,8H2,1H3,(H,16,18). The van der Waals surface area contributed by atoms with Crippen LogP contribution in [-0.2, 0) is 9.53 Å². The highest BCUT2D eigenvalue weighted by Crippen LogP contribution is 2.23. The van der Waals surface area contributed by atoms with Crippen LogP contribution >= 0.6 is 15.9 Å². The van der Waals surface area contributed by atoms with Gasteiger partial charge in [0.1, 0.15) is 0 Å². The minimum Gasteiger partial charge on any atom is -0.381 e. The zero-order chi connectivity index (χ0) is 13.8. The molecule has 0 aromatic heterocycles. The SMILES string of the molecule is CC(=O)c1cc(Br)ccc1NC(=O)C1CCCOC1. The van der Waals surface area contributed by atoms with Crippen LogP contribution in [0.2, 0.25) is 0 Å². The van der Waals surface area contributed by atoms with Gasteiger partial charge in [-0.25, -0.2) is 0 Å². The van der Waals surface area contributed by atoms with Gasteiger partial charge in [0.05, 0.1) is 18.2 Å². The second-order valence-electron chi connectivity index (χ2n) is 4.65. The van der Waals surface area contributed by atoms with Gasteiger partial charge in [-0.15, -0.1) is 0 Å². The van der Waals surface area contributed by atoms with E-state index in [-0.39, 0.29) is 17.6 Å². The number of hydrogen-bond acceptors (Lipinski definition) is 3. The summed E-state index contributed by atoms with van der Waals surface area (Å²) in [6.45, 7) is 2.67. The average molecular weight is 326 g/mol. The fourth-order valence-electron chi connectivity index (χ4n) is 2.10. The first-order chi connectivity index (χ1) is 9.08. The Morgan fingerprint density at radius 1 is 1.42 bits per heavy atom. The molecule has 19 heavy (non-hydrogen) atoms. The van der Waals surface area contributed by atoms with Crippen LogP contribution in [0.4, 0.5) is 5.69 Å². The van der Waals surface area contributed by atoms with Crippen LogP contribution < -0.4 is 5.32 Å². The molecule has 1 fully saturated rings. The van der Waals surface area contributed by atoms with Crippen molar-refractivity contribution >= 4 is 33.3 Å². The van der Waals surface area contributed by atoms with Gasteiger partial charge < -0.3 is 10.1 Å². The van der Waals surface area contributed by atoms with Gasteiger partial charge in [0.15, 0.2) is 5.78 Å².